The molecule has 0 unspecified atom stereocenters. The van der Waals surface area contributed by atoms with Crippen molar-refractivity contribution >= 4 is 0 Å². The Hall–Kier alpha value is -4.58. The molecule has 0 spiro atoms. The molecule has 1 N–H and O–H groups in total. The Labute approximate surface area is 219 Å². The second-order valence-corrected chi connectivity index (χ2v) is 8.94. The fraction of sp³-hybridized carbons (Fsp3) is 0.185. The fourth-order valence-corrected chi connectivity index (χ4v) is 4.18. The van der Waals surface area contributed by atoms with Gasteiger partial charge >= 0.3 is 0 Å². The van der Waals surface area contributed by atoms with Crippen molar-refractivity contribution in [1.82, 2.24) is 25.4 Å². The average molecular weight is 539 g/mol. The number of hydrogen-bond acceptors (Lipinski definition) is 7. The van der Waals surface area contributed by atoms with Crippen molar-refractivity contribution in [2.45, 2.75) is 31.6 Å². The number of aromatic nitrogens is 5. The summed E-state index contributed by atoms with van der Waals surface area (Å²) in [4.78, 5) is 0. The number of nitrogens with zero attached hydrogens (tertiary/aromatic N) is 5. The molecule has 39 heavy (non-hydrogen) atoms. The van der Waals surface area contributed by atoms with Crippen LogP contribution in [0.2, 0.25) is 0 Å². The van der Waals surface area contributed by atoms with Crippen LogP contribution < -0.4 is 4.74 Å². The molecule has 0 aliphatic heterocycles. The summed E-state index contributed by atoms with van der Waals surface area (Å²) in [6.07, 6.45) is 1.26. The van der Waals surface area contributed by atoms with Crippen LogP contribution in [0.3, 0.4) is 0 Å². The van der Waals surface area contributed by atoms with Crippen molar-refractivity contribution in [2.75, 3.05) is 0 Å². The predicted octanol–water partition coefficient (Wildman–Crippen LogP) is 5.16. The first kappa shape index (κ1) is 26.0. The molecule has 2 heterocycles. The van der Waals surface area contributed by atoms with Crippen molar-refractivity contribution in [3.05, 3.63) is 113 Å². The van der Waals surface area contributed by atoms with Crippen LogP contribution in [0.1, 0.15) is 29.7 Å². The zero-order chi connectivity index (χ0) is 27.6. The van der Waals surface area contributed by atoms with Gasteiger partial charge in [-0.25, -0.2) is 22.2 Å². The molecule has 8 nitrogen and oxygen atoms in total. The molecule has 0 aliphatic carbocycles. The van der Waals surface area contributed by atoms with Gasteiger partial charge in [-0.3, -0.25) is 0 Å². The van der Waals surface area contributed by atoms with Gasteiger partial charge in [0.05, 0.1) is 12.5 Å². The van der Waals surface area contributed by atoms with Gasteiger partial charge < -0.3 is 14.4 Å². The van der Waals surface area contributed by atoms with Crippen LogP contribution in [0.25, 0.3) is 11.3 Å². The van der Waals surface area contributed by atoms with Crippen molar-refractivity contribution in [1.29, 1.82) is 0 Å². The molecule has 3 aromatic carbocycles. The normalized spacial score (nSPS) is 13.7. The van der Waals surface area contributed by atoms with E-state index in [0.29, 0.717) is 23.1 Å². The minimum atomic E-state index is -1.93. The number of hydrogen-bond donors (Lipinski definition) is 1. The largest absolute Gasteiger partial charge is 0.489 e. The highest BCUT2D eigenvalue weighted by atomic mass is 19.1. The number of rotatable bonds is 9. The van der Waals surface area contributed by atoms with Crippen LogP contribution in [-0.2, 0) is 18.8 Å². The summed E-state index contributed by atoms with van der Waals surface area (Å²) in [5.74, 6) is -3.27. The highest BCUT2D eigenvalue weighted by Crippen LogP contribution is 2.40. The Kier molecular flexibility index (Phi) is 7.11. The Morgan fingerprint density at radius 3 is 2.33 bits per heavy atom. The molecule has 12 heteroatoms. The van der Waals surface area contributed by atoms with Crippen molar-refractivity contribution < 1.29 is 31.9 Å². The van der Waals surface area contributed by atoms with E-state index >= 15 is 0 Å². The summed E-state index contributed by atoms with van der Waals surface area (Å²) < 4.78 is 67.7. The molecule has 0 radical (unpaired) electrons. The molecule has 0 saturated carbocycles. The molecular formula is C27H21F4N5O3. The first-order valence-corrected chi connectivity index (χ1v) is 11.8. The smallest absolute Gasteiger partial charge is 0.143 e. The van der Waals surface area contributed by atoms with E-state index in [2.05, 4.69) is 20.7 Å². The topological polar surface area (TPSA) is 99.1 Å². The van der Waals surface area contributed by atoms with Crippen LogP contribution in [0.15, 0.2) is 77.6 Å². The quantitative estimate of drug-likeness (QED) is 0.259. The van der Waals surface area contributed by atoms with Crippen molar-refractivity contribution in [3.8, 4) is 17.0 Å². The maximum absolute atomic E-state index is 14.8. The van der Waals surface area contributed by atoms with Crippen LogP contribution in [0.5, 0.6) is 5.75 Å². The van der Waals surface area contributed by atoms with Crippen LogP contribution in [0, 0.1) is 23.3 Å². The summed E-state index contributed by atoms with van der Waals surface area (Å²) >= 11 is 0. The lowest BCUT2D eigenvalue weighted by Gasteiger charge is -2.33. The molecule has 2 aromatic heterocycles. The third-order valence-electron chi connectivity index (χ3n) is 6.42. The maximum Gasteiger partial charge on any atom is 0.143 e. The number of benzene rings is 3. The third-order valence-corrected chi connectivity index (χ3v) is 6.42. The van der Waals surface area contributed by atoms with E-state index in [1.165, 1.54) is 23.1 Å². The summed E-state index contributed by atoms with van der Waals surface area (Å²) in [5, 5.41) is 26.6. The molecule has 0 amide bonds. The van der Waals surface area contributed by atoms with E-state index in [1.54, 1.807) is 37.3 Å². The molecule has 0 saturated heterocycles. The molecule has 5 aromatic rings. The van der Waals surface area contributed by atoms with E-state index in [9.17, 15) is 22.7 Å². The monoisotopic (exact) mass is 539 g/mol. The zero-order valence-corrected chi connectivity index (χ0v) is 20.4. The maximum atomic E-state index is 14.8. The van der Waals surface area contributed by atoms with Gasteiger partial charge in [0, 0.05) is 34.9 Å². The van der Waals surface area contributed by atoms with E-state index in [0.717, 1.165) is 18.2 Å². The van der Waals surface area contributed by atoms with Gasteiger partial charge in [-0.2, -0.15) is 0 Å². The van der Waals surface area contributed by atoms with Crippen molar-refractivity contribution in [3.63, 3.8) is 0 Å². The first-order valence-electron chi connectivity index (χ1n) is 11.8. The molecule has 0 fully saturated rings. The van der Waals surface area contributed by atoms with E-state index < -0.39 is 34.8 Å². The number of ether oxygens (including phenoxy) is 1. The van der Waals surface area contributed by atoms with Gasteiger partial charge in [0.2, 0.25) is 0 Å². The Morgan fingerprint density at radius 1 is 0.949 bits per heavy atom. The van der Waals surface area contributed by atoms with Crippen LogP contribution in [0.4, 0.5) is 17.6 Å². The second kappa shape index (κ2) is 10.7. The highest BCUT2D eigenvalue weighted by Gasteiger charge is 2.42. The molecule has 0 aliphatic rings. The summed E-state index contributed by atoms with van der Waals surface area (Å²) in [5.41, 5.74) is -0.810. The molecule has 200 valence electrons. The Balaban J connectivity index is 1.36. The summed E-state index contributed by atoms with van der Waals surface area (Å²) in [6.45, 7) is 1.28. The standard InChI is InChI=1S/C27H21F4N5O3/c1-16(27(37,14-36-15-32-34-35-36)22-9-6-20(29)11-24(22)31)26-12-25(33-39-26)17-3-7-21(8-4-17)38-13-18-2-5-19(28)10-23(18)30/h2-12,15-16,37H,13-14H2,1H3/t16-,27+/m0/s1. The molecule has 2 atom stereocenters. The highest BCUT2D eigenvalue weighted by molar-refractivity contribution is 5.60. The Morgan fingerprint density at radius 2 is 1.67 bits per heavy atom. The molecular weight excluding hydrogens is 518 g/mol. The van der Waals surface area contributed by atoms with E-state index in [4.69, 9.17) is 9.26 Å². The third kappa shape index (κ3) is 5.50. The fourth-order valence-electron chi connectivity index (χ4n) is 4.18. The second-order valence-electron chi connectivity index (χ2n) is 8.94. The minimum absolute atomic E-state index is 0.0864. The van der Waals surface area contributed by atoms with Gasteiger partial charge in [0.15, 0.2) is 0 Å². The van der Waals surface area contributed by atoms with E-state index in [-0.39, 0.29) is 30.0 Å². The summed E-state index contributed by atoms with van der Waals surface area (Å²) in [6, 6.07) is 14.5. The average Bonchev–Trinajstić information content (AvgIpc) is 3.60. The minimum Gasteiger partial charge on any atom is -0.489 e. The summed E-state index contributed by atoms with van der Waals surface area (Å²) in [7, 11) is 0. The number of tetrazole rings is 1. The van der Waals surface area contributed by atoms with Crippen LogP contribution >= 0.6 is 0 Å². The Bertz CT molecular complexity index is 1580. The first-order chi connectivity index (χ1) is 18.7. The lowest BCUT2D eigenvalue weighted by Crippen LogP contribution is -2.38. The van der Waals surface area contributed by atoms with Gasteiger partial charge in [-0.1, -0.05) is 18.1 Å². The van der Waals surface area contributed by atoms with Gasteiger partial charge in [-0.15, -0.1) is 5.10 Å². The van der Waals surface area contributed by atoms with Crippen molar-refractivity contribution in [2.24, 2.45) is 0 Å². The van der Waals surface area contributed by atoms with E-state index in [1.807, 2.05) is 0 Å². The van der Waals surface area contributed by atoms with Gasteiger partial charge in [-0.05, 0) is 52.9 Å². The van der Waals surface area contributed by atoms with Crippen LogP contribution in [-0.4, -0.2) is 30.5 Å². The zero-order valence-electron chi connectivity index (χ0n) is 20.4. The predicted molar refractivity (Wildman–Crippen MR) is 129 cm³/mol. The lowest BCUT2D eigenvalue weighted by molar-refractivity contribution is -0.0185. The molecule has 5 rings (SSSR count). The van der Waals surface area contributed by atoms with Gasteiger partial charge in [0.25, 0.3) is 0 Å². The number of halogens is 4. The lowest BCUT2D eigenvalue weighted by atomic mass is 9.80. The number of aliphatic hydroxyl groups is 1. The van der Waals surface area contributed by atoms with Gasteiger partial charge in [0.1, 0.15) is 59.0 Å². The SMILES string of the molecule is C[C@@H](c1cc(-c2ccc(OCc3ccc(F)cc3F)cc2)no1)[C@](O)(Cn1cnnn1)c1ccc(F)cc1F. The molecule has 0 bridgehead atoms.